The number of nitrogens with one attached hydrogen (secondary N) is 1. The highest BCUT2D eigenvalue weighted by Gasteiger charge is 2.01. The van der Waals surface area contributed by atoms with Crippen LogP contribution in [0, 0.1) is 0 Å². The van der Waals surface area contributed by atoms with Crippen LogP contribution in [0.25, 0.3) is 6.08 Å². The Morgan fingerprint density at radius 2 is 1.91 bits per heavy atom. The van der Waals surface area contributed by atoms with E-state index in [-0.39, 0.29) is 5.91 Å². The first-order valence-corrected chi connectivity index (χ1v) is 7.62. The number of halogens is 2. The number of hydrogen-bond donors (Lipinski definition) is 1. The molecule has 0 heterocycles. The molecule has 2 aromatic rings. The van der Waals surface area contributed by atoms with Gasteiger partial charge in [-0.1, -0.05) is 41.9 Å². The molecule has 0 aliphatic heterocycles. The molecule has 0 aromatic heterocycles. The summed E-state index contributed by atoms with van der Waals surface area (Å²) in [7, 11) is 0. The van der Waals surface area contributed by atoms with Crippen molar-refractivity contribution in [3.05, 3.63) is 76.8 Å². The van der Waals surface area contributed by atoms with Crippen LogP contribution in [0.3, 0.4) is 0 Å². The molecule has 0 unspecified atom stereocenters. The lowest BCUT2D eigenvalue weighted by atomic mass is 10.2. The van der Waals surface area contributed by atoms with Crippen LogP contribution in [0.5, 0.6) is 5.75 Å². The van der Waals surface area contributed by atoms with Gasteiger partial charge in [0.2, 0.25) is 5.91 Å². The van der Waals surface area contributed by atoms with Crippen LogP contribution in [0.4, 0.5) is 5.69 Å². The van der Waals surface area contributed by atoms with Crippen molar-refractivity contribution in [1.82, 2.24) is 0 Å². The minimum Gasteiger partial charge on any atom is -0.490 e. The van der Waals surface area contributed by atoms with Gasteiger partial charge in [-0.15, -0.1) is 0 Å². The molecule has 0 atom stereocenters. The van der Waals surface area contributed by atoms with Crippen LogP contribution < -0.4 is 10.1 Å². The molecule has 1 N–H and O–H groups in total. The lowest BCUT2D eigenvalue weighted by Gasteiger charge is -2.05. The minimum absolute atomic E-state index is 0.254. The van der Waals surface area contributed by atoms with Crippen molar-refractivity contribution in [3.63, 3.8) is 0 Å². The van der Waals surface area contributed by atoms with Gasteiger partial charge in [0.1, 0.15) is 12.4 Å². The molecule has 0 saturated carbocycles. The summed E-state index contributed by atoms with van der Waals surface area (Å²) in [5, 5.41) is 3.80. The normalized spacial score (nSPS) is 10.5. The molecule has 0 bridgehead atoms. The summed E-state index contributed by atoms with van der Waals surface area (Å²) in [4.78, 5) is 11.9. The first-order valence-electron chi connectivity index (χ1n) is 6.86. The summed E-state index contributed by atoms with van der Waals surface area (Å²) in [6, 6.07) is 12.2. The maximum atomic E-state index is 11.9. The molecule has 0 aliphatic carbocycles. The molecule has 2 aromatic carbocycles. The molecule has 0 saturated heterocycles. The Morgan fingerprint density at radius 3 is 2.57 bits per heavy atom. The quantitative estimate of drug-likeness (QED) is 0.575. The number of rotatable bonds is 6. The van der Waals surface area contributed by atoms with Gasteiger partial charge in [0.15, 0.2) is 0 Å². The Kier molecular flexibility index (Phi) is 6.27. The number of amides is 1. The van der Waals surface area contributed by atoms with Crippen molar-refractivity contribution in [3.8, 4) is 5.75 Å². The highest BCUT2D eigenvalue weighted by Crippen LogP contribution is 2.22. The molecule has 3 nitrogen and oxygen atoms in total. The molecule has 5 heteroatoms. The van der Waals surface area contributed by atoms with Crippen LogP contribution in [-0.2, 0) is 4.79 Å². The Bertz CT molecular complexity index is 724. The second-order valence-corrected chi connectivity index (χ2v) is 5.46. The SMILES string of the molecule is C=CCOc1ccc(NC(=O)/C=C/c2ccc(Cl)cc2Cl)cc1. The highest BCUT2D eigenvalue weighted by atomic mass is 35.5. The Labute approximate surface area is 145 Å². The smallest absolute Gasteiger partial charge is 0.248 e. The van der Waals surface area contributed by atoms with Crippen molar-refractivity contribution in [2.75, 3.05) is 11.9 Å². The van der Waals surface area contributed by atoms with Crippen molar-refractivity contribution >= 4 is 40.9 Å². The van der Waals surface area contributed by atoms with Gasteiger partial charge in [-0.05, 0) is 48.0 Å². The fourth-order valence-electron chi connectivity index (χ4n) is 1.78. The van der Waals surface area contributed by atoms with E-state index >= 15 is 0 Å². The van der Waals surface area contributed by atoms with Crippen molar-refractivity contribution in [2.24, 2.45) is 0 Å². The number of benzene rings is 2. The average Bonchev–Trinajstić information content (AvgIpc) is 2.53. The van der Waals surface area contributed by atoms with Crippen LogP contribution in [0.2, 0.25) is 10.0 Å². The van der Waals surface area contributed by atoms with Crippen LogP contribution >= 0.6 is 23.2 Å². The van der Waals surface area contributed by atoms with Crippen LogP contribution in [0.1, 0.15) is 5.56 Å². The van der Waals surface area contributed by atoms with Gasteiger partial charge in [0.25, 0.3) is 0 Å². The third-order valence-electron chi connectivity index (χ3n) is 2.87. The first-order chi connectivity index (χ1) is 11.1. The standard InChI is InChI=1S/C18H15Cl2NO2/c1-2-11-23-16-8-6-15(7-9-16)21-18(22)10-4-13-3-5-14(19)12-17(13)20/h2-10,12H,1,11H2,(H,21,22)/b10-4+. The van der Waals surface area contributed by atoms with Crippen molar-refractivity contribution in [2.45, 2.75) is 0 Å². The summed E-state index contributed by atoms with van der Waals surface area (Å²) in [6.07, 6.45) is 4.72. The average molecular weight is 348 g/mol. The van der Waals surface area contributed by atoms with Gasteiger partial charge < -0.3 is 10.1 Å². The second kappa shape index (κ2) is 8.42. The maximum Gasteiger partial charge on any atom is 0.248 e. The van der Waals surface area contributed by atoms with Crippen LogP contribution in [0.15, 0.2) is 61.2 Å². The van der Waals surface area contributed by atoms with Gasteiger partial charge in [-0.3, -0.25) is 4.79 Å². The van der Waals surface area contributed by atoms with Crippen molar-refractivity contribution in [1.29, 1.82) is 0 Å². The summed E-state index contributed by atoms with van der Waals surface area (Å²) in [5.74, 6) is 0.460. The maximum absolute atomic E-state index is 11.9. The Morgan fingerprint density at radius 1 is 1.17 bits per heavy atom. The monoisotopic (exact) mass is 347 g/mol. The summed E-state index contributed by atoms with van der Waals surface area (Å²) < 4.78 is 5.37. The van der Waals surface area contributed by atoms with Gasteiger partial charge in [0.05, 0.1) is 0 Å². The van der Waals surface area contributed by atoms with Crippen molar-refractivity contribution < 1.29 is 9.53 Å². The Hall–Kier alpha value is -2.23. The second-order valence-electron chi connectivity index (χ2n) is 4.61. The lowest BCUT2D eigenvalue weighted by Crippen LogP contribution is -2.07. The highest BCUT2D eigenvalue weighted by molar-refractivity contribution is 6.35. The van der Waals surface area contributed by atoms with E-state index in [1.807, 2.05) is 0 Å². The first kappa shape index (κ1) is 17.1. The van der Waals surface area contributed by atoms with Gasteiger partial charge >= 0.3 is 0 Å². The van der Waals surface area contributed by atoms with Gasteiger partial charge in [0, 0.05) is 21.8 Å². The predicted molar refractivity (Wildman–Crippen MR) is 96.3 cm³/mol. The summed E-state index contributed by atoms with van der Waals surface area (Å²) in [6.45, 7) is 4.02. The lowest BCUT2D eigenvalue weighted by molar-refractivity contribution is -0.111. The number of anilines is 1. The van der Waals surface area contributed by atoms with E-state index in [1.54, 1.807) is 54.6 Å². The summed E-state index contributed by atoms with van der Waals surface area (Å²) in [5.41, 5.74) is 1.40. The molecule has 118 valence electrons. The third-order valence-corrected chi connectivity index (χ3v) is 3.43. The molecular weight excluding hydrogens is 333 g/mol. The fourth-order valence-corrected chi connectivity index (χ4v) is 2.25. The number of carbonyl (C=O) groups excluding carboxylic acids is 1. The number of carbonyl (C=O) groups is 1. The van der Waals surface area contributed by atoms with E-state index < -0.39 is 0 Å². The molecule has 0 fully saturated rings. The minimum atomic E-state index is -0.254. The molecule has 0 spiro atoms. The molecule has 0 radical (unpaired) electrons. The summed E-state index contributed by atoms with van der Waals surface area (Å²) >= 11 is 11.9. The largest absolute Gasteiger partial charge is 0.490 e. The van der Waals surface area contributed by atoms with Crippen LogP contribution in [-0.4, -0.2) is 12.5 Å². The van der Waals surface area contributed by atoms with Gasteiger partial charge in [-0.25, -0.2) is 0 Å². The topological polar surface area (TPSA) is 38.3 Å². The van der Waals surface area contributed by atoms with E-state index in [4.69, 9.17) is 27.9 Å². The molecular formula is C18H15Cl2NO2. The number of hydrogen-bond acceptors (Lipinski definition) is 2. The molecule has 1 amide bonds. The fraction of sp³-hybridized carbons (Fsp3) is 0.0556. The van der Waals surface area contributed by atoms with E-state index in [1.165, 1.54) is 6.08 Å². The zero-order valence-electron chi connectivity index (χ0n) is 12.3. The van der Waals surface area contributed by atoms with E-state index in [0.29, 0.717) is 28.1 Å². The van der Waals surface area contributed by atoms with Gasteiger partial charge in [-0.2, -0.15) is 0 Å². The zero-order valence-corrected chi connectivity index (χ0v) is 13.8. The molecule has 0 aliphatic rings. The predicted octanol–water partition coefficient (Wildman–Crippen LogP) is 5.21. The molecule has 23 heavy (non-hydrogen) atoms. The third kappa shape index (κ3) is 5.47. The van der Waals surface area contributed by atoms with E-state index in [9.17, 15) is 4.79 Å². The molecule has 2 rings (SSSR count). The number of ether oxygens (including phenoxy) is 1. The Balaban J connectivity index is 1.96. The zero-order chi connectivity index (χ0) is 16.7. The van der Waals surface area contributed by atoms with E-state index in [2.05, 4.69) is 11.9 Å². The van der Waals surface area contributed by atoms with E-state index in [0.717, 1.165) is 5.56 Å².